The van der Waals surface area contributed by atoms with E-state index in [0.717, 1.165) is 25.3 Å². The second-order valence-corrected chi connectivity index (χ2v) is 7.24. The lowest BCUT2D eigenvalue weighted by Gasteiger charge is -2.46. The number of rotatable bonds is 2. The van der Waals surface area contributed by atoms with Gasteiger partial charge in [0.1, 0.15) is 0 Å². The zero-order chi connectivity index (χ0) is 14.2. The first-order chi connectivity index (χ1) is 9.60. The Morgan fingerprint density at radius 3 is 2.70 bits per heavy atom. The van der Waals surface area contributed by atoms with Gasteiger partial charge in [-0.1, -0.05) is 19.3 Å². The van der Waals surface area contributed by atoms with Gasteiger partial charge in [-0.25, -0.2) is 0 Å². The minimum Gasteiger partial charge on any atom is -0.309 e. The highest BCUT2D eigenvalue weighted by atomic mass is 79.9. The Morgan fingerprint density at radius 2 is 2.05 bits per heavy atom. The Labute approximate surface area is 130 Å². The van der Waals surface area contributed by atoms with Gasteiger partial charge < -0.3 is 5.32 Å². The topological polar surface area (TPSA) is 33.1 Å². The van der Waals surface area contributed by atoms with E-state index >= 15 is 0 Å². The number of hydrogen-bond acceptors (Lipinski definition) is 3. The number of piperazine rings is 1. The van der Waals surface area contributed by atoms with Gasteiger partial charge in [-0.2, -0.15) is 5.10 Å². The molecule has 0 amide bonds. The normalized spacial score (nSPS) is 23.4. The van der Waals surface area contributed by atoms with Crippen molar-refractivity contribution in [1.29, 1.82) is 0 Å². The number of nitrogens with zero attached hydrogens (tertiary/aromatic N) is 3. The van der Waals surface area contributed by atoms with Crippen LogP contribution in [0.3, 0.4) is 0 Å². The number of aryl methyl sites for hydroxylation is 2. The molecule has 2 fully saturated rings. The highest BCUT2D eigenvalue weighted by molar-refractivity contribution is 9.10. The summed E-state index contributed by atoms with van der Waals surface area (Å²) in [5.74, 6) is 0. The number of nitrogens with one attached hydrogen (secondary N) is 1. The van der Waals surface area contributed by atoms with Gasteiger partial charge in [0, 0.05) is 38.8 Å². The summed E-state index contributed by atoms with van der Waals surface area (Å²) in [7, 11) is 2.05. The molecule has 1 N–H and O–H groups in total. The maximum absolute atomic E-state index is 4.51. The summed E-state index contributed by atoms with van der Waals surface area (Å²) in [6.07, 6.45) is 6.87. The molecule has 2 aliphatic rings. The van der Waals surface area contributed by atoms with Crippen LogP contribution in [0.2, 0.25) is 0 Å². The van der Waals surface area contributed by atoms with Crippen LogP contribution in [0.1, 0.15) is 43.5 Å². The monoisotopic (exact) mass is 340 g/mol. The lowest BCUT2D eigenvalue weighted by molar-refractivity contribution is 0.0926. The Morgan fingerprint density at radius 1 is 1.30 bits per heavy atom. The molecule has 1 saturated heterocycles. The summed E-state index contributed by atoms with van der Waals surface area (Å²) in [5, 5.41) is 8.32. The maximum Gasteiger partial charge on any atom is 0.0739 e. The van der Waals surface area contributed by atoms with E-state index < -0.39 is 0 Å². The van der Waals surface area contributed by atoms with Gasteiger partial charge in [-0.05, 0) is 35.7 Å². The van der Waals surface area contributed by atoms with Crippen LogP contribution in [0.5, 0.6) is 0 Å². The molecule has 20 heavy (non-hydrogen) atoms. The van der Waals surface area contributed by atoms with Crippen molar-refractivity contribution in [3.05, 3.63) is 15.9 Å². The van der Waals surface area contributed by atoms with Crippen molar-refractivity contribution >= 4 is 15.9 Å². The van der Waals surface area contributed by atoms with E-state index in [1.54, 1.807) is 0 Å². The van der Waals surface area contributed by atoms with Crippen LogP contribution in [-0.4, -0.2) is 39.9 Å². The summed E-state index contributed by atoms with van der Waals surface area (Å²) in [6, 6.07) is 0. The van der Waals surface area contributed by atoms with E-state index in [2.05, 4.69) is 38.2 Å². The summed E-state index contributed by atoms with van der Waals surface area (Å²) < 4.78 is 3.20. The van der Waals surface area contributed by atoms with E-state index in [0.29, 0.717) is 5.54 Å². The lowest BCUT2D eigenvalue weighted by atomic mass is 9.80. The summed E-state index contributed by atoms with van der Waals surface area (Å²) in [6.45, 7) is 6.51. The second kappa shape index (κ2) is 5.78. The maximum atomic E-state index is 4.51. The molecule has 0 radical (unpaired) electrons. The van der Waals surface area contributed by atoms with Crippen LogP contribution in [0.4, 0.5) is 0 Å². The third-order valence-corrected chi connectivity index (χ3v) is 5.93. The minimum absolute atomic E-state index is 0.386. The molecule has 1 saturated carbocycles. The van der Waals surface area contributed by atoms with Crippen molar-refractivity contribution in [3.63, 3.8) is 0 Å². The molecule has 1 aromatic heterocycles. The predicted molar refractivity (Wildman–Crippen MR) is 84.7 cm³/mol. The number of aromatic nitrogens is 2. The first kappa shape index (κ1) is 14.5. The Balaban J connectivity index is 1.71. The van der Waals surface area contributed by atoms with Gasteiger partial charge in [0.2, 0.25) is 0 Å². The average Bonchev–Trinajstić information content (AvgIpc) is 2.67. The van der Waals surface area contributed by atoms with Gasteiger partial charge in [-0.15, -0.1) is 0 Å². The standard InChI is InChI=1S/C15H25BrN4/c1-12-14(16)13(19(2)18-12)10-20-9-8-17-15(11-20)6-4-3-5-7-15/h17H,3-11H2,1-2H3. The molecular weight excluding hydrogens is 316 g/mol. The van der Waals surface area contributed by atoms with E-state index in [1.807, 2.05) is 11.7 Å². The van der Waals surface area contributed by atoms with Crippen molar-refractivity contribution < 1.29 is 0 Å². The molecule has 1 aliphatic carbocycles. The smallest absolute Gasteiger partial charge is 0.0739 e. The lowest BCUT2D eigenvalue weighted by Crippen LogP contribution is -2.60. The molecule has 0 atom stereocenters. The van der Waals surface area contributed by atoms with E-state index in [-0.39, 0.29) is 0 Å². The Bertz CT molecular complexity index is 471. The first-order valence-corrected chi connectivity index (χ1v) is 8.54. The van der Waals surface area contributed by atoms with Crippen LogP contribution in [0, 0.1) is 6.92 Å². The van der Waals surface area contributed by atoms with E-state index in [1.165, 1.54) is 48.8 Å². The highest BCUT2D eigenvalue weighted by Gasteiger charge is 2.36. The molecule has 4 nitrogen and oxygen atoms in total. The summed E-state index contributed by atoms with van der Waals surface area (Å²) in [5.41, 5.74) is 2.77. The van der Waals surface area contributed by atoms with Crippen LogP contribution < -0.4 is 5.32 Å². The molecule has 3 rings (SSSR count). The van der Waals surface area contributed by atoms with Crippen LogP contribution in [-0.2, 0) is 13.6 Å². The van der Waals surface area contributed by atoms with E-state index in [9.17, 15) is 0 Å². The molecule has 0 bridgehead atoms. The molecule has 5 heteroatoms. The second-order valence-electron chi connectivity index (χ2n) is 6.45. The summed E-state index contributed by atoms with van der Waals surface area (Å²) in [4.78, 5) is 2.60. The number of halogens is 1. The molecular formula is C15H25BrN4. The average molecular weight is 341 g/mol. The van der Waals surface area contributed by atoms with Crippen LogP contribution >= 0.6 is 15.9 Å². The SMILES string of the molecule is Cc1nn(C)c(CN2CCNC3(CCCCC3)C2)c1Br. The van der Waals surface area contributed by atoms with Crippen molar-refractivity contribution in [2.24, 2.45) is 7.05 Å². The van der Waals surface area contributed by atoms with Gasteiger partial charge >= 0.3 is 0 Å². The quantitative estimate of drug-likeness (QED) is 0.898. The largest absolute Gasteiger partial charge is 0.309 e. The summed E-state index contributed by atoms with van der Waals surface area (Å²) >= 11 is 3.69. The molecule has 1 aromatic rings. The third kappa shape index (κ3) is 2.81. The van der Waals surface area contributed by atoms with Crippen molar-refractivity contribution in [1.82, 2.24) is 20.0 Å². The molecule has 0 aromatic carbocycles. The first-order valence-electron chi connectivity index (χ1n) is 7.75. The zero-order valence-electron chi connectivity index (χ0n) is 12.6. The fourth-order valence-electron chi connectivity index (χ4n) is 3.80. The highest BCUT2D eigenvalue weighted by Crippen LogP contribution is 2.31. The molecule has 1 spiro atoms. The minimum atomic E-state index is 0.386. The fourth-order valence-corrected chi connectivity index (χ4v) is 4.27. The van der Waals surface area contributed by atoms with Crippen LogP contribution in [0.25, 0.3) is 0 Å². The number of hydrogen-bond donors (Lipinski definition) is 1. The van der Waals surface area contributed by atoms with E-state index in [4.69, 9.17) is 0 Å². The zero-order valence-corrected chi connectivity index (χ0v) is 14.2. The molecule has 112 valence electrons. The predicted octanol–water partition coefficient (Wildman–Crippen LogP) is 2.60. The van der Waals surface area contributed by atoms with Gasteiger partial charge in [-0.3, -0.25) is 9.58 Å². The van der Waals surface area contributed by atoms with Gasteiger partial charge in [0.15, 0.2) is 0 Å². The molecule has 0 unspecified atom stereocenters. The molecule has 2 heterocycles. The van der Waals surface area contributed by atoms with Crippen LogP contribution in [0.15, 0.2) is 4.47 Å². The van der Waals surface area contributed by atoms with Crippen molar-refractivity contribution in [2.45, 2.75) is 51.1 Å². The molecule has 1 aliphatic heterocycles. The van der Waals surface area contributed by atoms with Gasteiger partial charge in [0.05, 0.1) is 15.9 Å². The van der Waals surface area contributed by atoms with Gasteiger partial charge in [0.25, 0.3) is 0 Å². The van der Waals surface area contributed by atoms with Crippen molar-refractivity contribution in [2.75, 3.05) is 19.6 Å². The third-order valence-electron chi connectivity index (χ3n) is 4.90. The Kier molecular flexibility index (Phi) is 4.20. The fraction of sp³-hybridized carbons (Fsp3) is 0.800. The van der Waals surface area contributed by atoms with Crippen molar-refractivity contribution in [3.8, 4) is 0 Å². The Hall–Kier alpha value is -0.390.